The summed E-state index contributed by atoms with van der Waals surface area (Å²) < 4.78 is 59.3. The van der Waals surface area contributed by atoms with Gasteiger partial charge in [0.1, 0.15) is 31.0 Å². The number of halogens is 3. The van der Waals surface area contributed by atoms with Crippen LogP contribution in [0.4, 0.5) is 24.0 Å². The van der Waals surface area contributed by atoms with Crippen LogP contribution in [0, 0.1) is 0 Å². The van der Waals surface area contributed by atoms with E-state index in [-0.39, 0.29) is 33.6 Å². The number of anilines is 2. The molecule has 4 heterocycles. The van der Waals surface area contributed by atoms with Gasteiger partial charge in [-0.05, 0) is 12.1 Å². The Kier molecular flexibility index (Phi) is 3.78. The minimum absolute atomic E-state index is 0.114. The van der Waals surface area contributed by atoms with Gasteiger partial charge in [0.15, 0.2) is 16.6 Å². The molecular formula is C21H14F3N3O4S. The third-order valence-corrected chi connectivity index (χ3v) is 6.55. The van der Waals surface area contributed by atoms with Gasteiger partial charge in [-0.2, -0.15) is 0 Å². The second-order valence-corrected chi connectivity index (χ2v) is 8.45. The average molecular weight is 461 g/mol. The van der Waals surface area contributed by atoms with Gasteiger partial charge in [-0.15, -0.1) is 24.5 Å². The second kappa shape index (κ2) is 6.28. The van der Waals surface area contributed by atoms with Gasteiger partial charge in [0.2, 0.25) is 0 Å². The number of benzene rings is 2. The molecular weight excluding hydrogens is 447 g/mol. The number of nitrogens with zero attached hydrogens (tertiary/aromatic N) is 2. The van der Waals surface area contributed by atoms with Crippen LogP contribution in [0.25, 0.3) is 11.3 Å². The first-order chi connectivity index (χ1) is 15.3. The third kappa shape index (κ3) is 2.42. The van der Waals surface area contributed by atoms with Crippen molar-refractivity contribution in [2.24, 2.45) is 0 Å². The summed E-state index contributed by atoms with van der Waals surface area (Å²) in [7, 11) is 0. The minimum atomic E-state index is -4.92. The first kappa shape index (κ1) is 19.2. The van der Waals surface area contributed by atoms with Crippen LogP contribution in [0.2, 0.25) is 0 Å². The van der Waals surface area contributed by atoms with Gasteiger partial charge in [-0.3, -0.25) is 4.79 Å². The molecule has 0 saturated heterocycles. The van der Waals surface area contributed by atoms with E-state index in [1.165, 1.54) is 23.5 Å². The Bertz CT molecular complexity index is 1290. The van der Waals surface area contributed by atoms with Crippen LogP contribution in [0.15, 0.2) is 35.7 Å². The van der Waals surface area contributed by atoms with Gasteiger partial charge in [-0.25, -0.2) is 9.88 Å². The number of ether oxygens (including phenoxy) is 3. The second-order valence-electron chi connectivity index (χ2n) is 7.57. The lowest BCUT2D eigenvalue weighted by molar-refractivity contribution is -0.151. The molecule has 1 unspecified atom stereocenters. The fourth-order valence-electron chi connectivity index (χ4n) is 4.63. The Hall–Kier alpha value is -3.47. The van der Waals surface area contributed by atoms with Crippen LogP contribution in [-0.2, 0) is 10.2 Å². The summed E-state index contributed by atoms with van der Waals surface area (Å²) in [6.07, 6.45) is -4.92. The van der Waals surface area contributed by atoms with Gasteiger partial charge in [-0.1, -0.05) is 12.1 Å². The van der Waals surface area contributed by atoms with Crippen LogP contribution in [0.3, 0.4) is 0 Å². The van der Waals surface area contributed by atoms with Crippen molar-refractivity contribution in [2.75, 3.05) is 30.5 Å². The number of carbonyl (C=O) groups is 1. The van der Waals surface area contributed by atoms with E-state index < -0.39 is 17.6 Å². The maximum Gasteiger partial charge on any atom is 0.491 e. The number of amides is 1. The number of nitrogens with two attached hydrogens (primary N) is 1. The highest BCUT2D eigenvalue weighted by molar-refractivity contribution is 7.13. The molecule has 11 heteroatoms. The van der Waals surface area contributed by atoms with Crippen molar-refractivity contribution in [1.29, 1.82) is 0 Å². The molecule has 0 radical (unpaired) electrons. The maximum absolute atomic E-state index is 14.1. The molecule has 1 aromatic heterocycles. The third-order valence-electron chi connectivity index (χ3n) is 5.88. The molecule has 0 aliphatic carbocycles. The van der Waals surface area contributed by atoms with Gasteiger partial charge < -0.3 is 19.9 Å². The van der Waals surface area contributed by atoms with E-state index in [1.54, 1.807) is 23.6 Å². The molecule has 3 aliphatic rings. The Morgan fingerprint density at radius 3 is 2.53 bits per heavy atom. The number of alkyl halides is 3. The fraction of sp³-hybridized carbons (Fsp3) is 0.238. The normalized spacial score (nSPS) is 21.0. The summed E-state index contributed by atoms with van der Waals surface area (Å²) in [6, 6.07) is 7.49. The van der Waals surface area contributed by atoms with Crippen molar-refractivity contribution < 1.29 is 32.2 Å². The fourth-order valence-corrected chi connectivity index (χ4v) is 5.19. The Labute approximate surface area is 183 Å². The topological polar surface area (TPSA) is 86.9 Å². The maximum atomic E-state index is 14.1. The number of rotatable bonds is 1. The number of thiazole rings is 1. The summed E-state index contributed by atoms with van der Waals surface area (Å²) >= 11 is 1.17. The van der Waals surface area contributed by atoms with Crippen molar-refractivity contribution in [3.05, 3.63) is 46.8 Å². The van der Waals surface area contributed by atoms with Gasteiger partial charge in [0.05, 0.1) is 11.4 Å². The molecule has 3 aliphatic heterocycles. The molecule has 1 spiro atoms. The number of aromatic nitrogens is 1. The Morgan fingerprint density at radius 2 is 1.84 bits per heavy atom. The molecule has 2 aromatic carbocycles. The minimum Gasteiger partial charge on any atom is -0.491 e. The largest absolute Gasteiger partial charge is 0.491 e. The first-order valence-corrected chi connectivity index (χ1v) is 10.5. The lowest BCUT2D eigenvalue weighted by Crippen LogP contribution is -2.48. The summed E-state index contributed by atoms with van der Waals surface area (Å²) in [6.45, 7) is 0.346. The van der Waals surface area contributed by atoms with Crippen molar-refractivity contribution in [3.63, 3.8) is 0 Å². The molecule has 3 aromatic rings. The van der Waals surface area contributed by atoms with Crippen molar-refractivity contribution in [2.45, 2.75) is 11.7 Å². The van der Waals surface area contributed by atoms with E-state index in [2.05, 4.69) is 4.98 Å². The van der Waals surface area contributed by atoms with Crippen LogP contribution in [-0.4, -0.2) is 37.0 Å². The predicted molar refractivity (Wildman–Crippen MR) is 109 cm³/mol. The lowest BCUT2D eigenvalue weighted by Gasteiger charge is -2.26. The number of hydrogen-bond acceptors (Lipinski definition) is 7. The monoisotopic (exact) mass is 461 g/mol. The van der Waals surface area contributed by atoms with E-state index in [4.69, 9.17) is 19.9 Å². The van der Waals surface area contributed by atoms with E-state index >= 15 is 0 Å². The van der Waals surface area contributed by atoms with Gasteiger partial charge >= 0.3 is 6.30 Å². The molecule has 1 amide bonds. The molecule has 0 fully saturated rings. The molecule has 0 bridgehead atoms. The smallest absolute Gasteiger partial charge is 0.491 e. The van der Waals surface area contributed by atoms with E-state index in [1.807, 2.05) is 0 Å². The average Bonchev–Trinajstić information content (AvgIpc) is 3.42. The molecule has 6 rings (SSSR count). The SMILES string of the molecule is Nc1nc(-c2cccc3c2C2(COc4cc5c(cc42)OCCO5)C(=O)N3C(F)(F)F)cs1. The number of nitrogen functional groups attached to an aromatic ring is 1. The number of fused-ring (bicyclic) bond motifs is 5. The highest BCUT2D eigenvalue weighted by Crippen LogP contribution is 2.58. The van der Waals surface area contributed by atoms with Crippen molar-refractivity contribution in [3.8, 4) is 28.5 Å². The zero-order valence-electron chi connectivity index (χ0n) is 16.2. The zero-order chi connectivity index (χ0) is 22.3. The zero-order valence-corrected chi connectivity index (χ0v) is 17.0. The molecule has 2 N–H and O–H groups in total. The molecule has 164 valence electrons. The molecule has 7 nitrogen and oxygen atoms in total. The predicted octanol–water partition coefficient (Wildman–Crippen LogP) is 3.71. The van der Waals surface area contributed by atoms with Crippen molar-refractivity contribution in [1.82, 2.24) is 4.98 Å². The quantitative estimate of drug-likeness (QED) is 0.556. The van der Waals surface area contributed by atoms with E-state index in [9.17, 15) is 18.0 Å². The Balaban J connectivity index is 1.66. The van der Waals surface area contributed by atoms with Crippen LogP contribution >= 0.6 is 11.3 Å². The summed E-state index contributed by atoms with van der Waals surface area (Å²) in [4.78, 5) is 17.7. The number of hydrogen-bond donors (Lipinski definition) is 1. The summed E-state index contributed by atoms with van der Waals surface area (Å²) in [5.41, 5.74) is 5.08. The number of carbonyl (C=O) groups excluding carboxylic acids is 1. The highest BCUT2D eigenvalue weighted by atomic mass is 32.1. The standard InChI is InChI=1S/C21H14F3N3O4S/c22-21(23,24)27-13-3-1-2-10(12-8-32-19(25)26-12)17(13)20(18(27)28)9-31-14-7-16-15(6-11(14)20)29-4-5-30-16/h1-3,6-8H,4-5,9H2,(H2,25,26). The Morgan fingerprint density at radius 1 is 1.09 bits per heavy atom. The highest BCUT2D eigenvalue weighted by Gasteiger charge is 2.63. The van der Waals surface area contributed by atoms with Crippen LogP contribution in [0.5, 0.6) is 17.2 Å². The van der Waals surface area contributed by atoms with Gasteiger partial charge in [0.25, 0.3) is 5.91 Å². The molecule has 32 heavy (non-hydrogen) atoms. The molecule has 1 atom stereocenters. The summed E-state index contributed by atoms with van der Waals surface area (Å²) in [5.74, 6) is -0.0720. The lowest BCUT2D eigenvalue weighted by atomic mass is 9.74. The molecule has 0 saturated carbocycles. The van der Waals surface area contributed by atoms with Crippen LogP contribution in [0.1, 0.15) is 11.1 Å². The van der Waals surface area contributed by atoms with Crippen molar-refractivity contribution >= 4 is 28.1 Å². The van der Waals surface area contributed by atoms with Crippen LogP contribution < -0.4 is 24.8 Å². The first-order valence-electron chi connectivity index (χ1n) is 9.64. The van der Waals surface area contributed by atoms with Gasteiger partial charge in [0, 0.05) is 28.1 Å². The van der Waals surface area contributed by atoms with E-state index in [0.717, 1.165) is 0 Å². The van der Waals surface area contributed by atoms with E-state index in [0.29, 0.717) is 41.5 Å². The summed E-state index contributed by atoms with van der Waals surface area (Å²) in [5, 5.41) is 1.92.